The Kier molecular flexibility index (Phi) is 8.39. The number of benzene rings is 1. The molecule has 0 radical (unpaired) electrons. The van der Waals surface area contributed by atoms with E-state index >= 15 is 0 Å². The molecule has 2 N–H and O–H groups in total. The Morgan fingerprint density at radius 3 is 2.52 bits per heavy atom. The fourth-order valence-electron chi connectivity index (χ4n) is 2.26. The number of amides is 1. The van der Waals surface area contributed by atoms with Gasteiger partial charge in [-0.25, -0.2) is 4.39 Å². The van der Waals surface area contributed by atoms with Crippen LogP contribution in [0.1, 0.15) is 5.69 Å². The molecule has 2 rings (SSSR count). The summed E-state index contributed by atoms with van der Waals surface area (Å²) in [6, 6.07) is 9.65. The number of halogens is 2. The smallest absolute Gasteiger partial charge is 0.243 e. The Morgan fingerprint density at radius 1 is 1.28 bits per heavy atom. The summed E-state index contributed by atoms with van der Waals surface area (Å²) in [4.78, 5) is 18.1. The minimum absolute atomic E-state index is 0. The number of carbonyl (C=O) groups excluding carboxylic acids is 1. The predicted octanol–water partition coefficient (Wildman–Crippen LogP) is 2.43. The molecule has 0 unspecified atom stereocenters. The lowest BCUT2D eigenvalue weighted by Crippen LogP contribution is -2.42. The minimum atomic E-state index is -0.339. The number of nitrogens with one attached hydrogen (secondary N) is 2. The van der Waals surface area contributed by atoms with E-state index in [0.717, 1.165) is 5.69 Å². The van der Waals surface area contributed by atoms with Crippen LogP contribution < -0.4 is 10.6 Å². The summed E-state index contributed by atoms with van der Waals surface area (Å²) in [5.41, 5.74) is 1.69. The monoisotopic (exact) mass is 459 g/mol. The lowest BCUT2D eigenvalue weighted by atomic mass is 10.3. The average molecular weight is 459 g/mol. The third kappa shape index (κ3) is 6.37. The van der Waals surface area contributed by atoms with Gasteiger partial charge in [-0.2, -0.15) is 0 Å². The van der Waals surface area contributed by atoms with Crippen molar-refractivity contribution in [3.8, 4) is 0 Å². The highest BCUT2D eigenvalue weighted by Gasteiger charge is 2.10. The van der Waals surface area contributed by atoms with Crippen LogP contribution in [0.15, 0.2) is 47.6 Å². The zero-order chi connectivity index (χ0) is 17.5. The lowest BCUT2D eigenvalue weighted by molar-refractivity contribution is -0.115. The maximum absolute atomic E-state index is 12.8. The van der Waals surface area contributed by atoms with E-state index in [1.165, 1.54) is 24.3 Å². The van der Waals surface area contributed by atoms with Crippen molar-refractivity contribution in [1.29, 1.82) is 0 Å². The number of hydrogen-bond donors (Lipinski definition) is 2. The highest BCUT2D eigenvalue weighted by atomic mass is 127. The second-order valence-electron chi connectivity index (χ2n) is 5.42. The number of carbonyl (C=O) groups is 1. The molecule has 0 bridgehead atoms. The fraction of sp³-hybridized carbons (Fsp3) is 0.294. The van der Waals surface area contributed by atoms with Crippen LogP contribution in [0, 0.1) is 5.82 Å². The largest absolute Gasteiger partial charge is 0.353 e. The van der Waals surface area contributed by atoms with Crippen molar-refractivity contribution in [3.05, 3.63) is 54.1 Å². The molecule has 0 fully saturated rings. The first-order chi connectivity index (χ1) is 11.5. The van der Waals surface area contributed by atoms with Gasteiger partial charge < -0.3 is 20.1 Å². The van der Waals surface area contributed by atoms with Gasteiger partial charge in [0.05, 0.1) is 13.1 Å². The molecule has 0 spiro atoms. The molecule has 0 aliphatic carbocycles. The fourth-order valence-corrected chi connectivity index (χ4v) is 2.26. The van der Waals surface area contributed by atoms with Crippen molar-refractivity contribution < 1.29 is 9.18 Å². The molecule has 6 nitrogen and oxygen atoms in total. The van der Waals surface area contributed by atoms with E-state index < -0.39 is 0 Å². The average Bonchev–Trinajstić information content (AvgIpc) is 2.95. The molecule has 8 heteroatoms. The van der Waals surface area contributed by atoms with Gasteiger partial charge in [-0.1, -0.05) is 0 Å². The van der Waals surface area contributed by atoms with E-state index in [2.05, 4.69) is 15.6 Å². The van der Waals surface area contributed by atoms with Gasteiger partial charge in [-0.05, 0) is 36.4 Å². The quantitative estimate of drug-likeness (QED) is 0.410. The Bertz CT molecular complexity index is 714. The normalized spacial score (nSPS) is 10.8. The molecule has 2 aromatic rings. The van der Waals surface area contributed by atoms with Gasteiger partial charge in [0.15, 0.2) is 5.96 Å². The first kappa shape index (κ1) is 20.9. The highest BCUT2D eigenvalue weighted by Crippen LogP contribution is 2.08. The van der Waals surface area contributed by atoms with Crippen molar-refractivity contribution in [2.75, 3.05) is 26.0 Å². The SMILES string of the molecule is CN=C(NCC(=O)Nc1ccc(F)cc1)N(C)Cc1cccn1C.I. The molecule has 0 saturated heterocycles. The van der Waals surface area contributed by atoms with Crippen molar-refractivity contribution >= 4 is 41.5 Å². The number of aromatic nitrogens is 1. The van der Waals surface area contributed by atoms with E-state index in [9.17, 15) is 9.18 Å². The van der Waals surface area contributed by atoms with Crippen LogP contribution in [0.4, 0.5) is 10.1 Å². The maximum atomic E-state index is 12.8. The second-order valence-corrected chi connectivity index (χ2v) is 5.42. The standard InChI is InChI=1S/C17H22FN5O.HI/c1-19-17(23(3)12-15-5-4-10-22(15)2)20-11-16(24)21-14-8-6-13(18)7-9-14;/h4-10H,11-12H2,1-3H3,(H,19,20)(H,21,24);1H. The van der Waals surface area contributed by atoms with Crippen molar-refractivity contribution in [2.24, 2.45) is 12.0 Å². The molecular formula is C17H23FIN5O. The molecule has 1 aromatic heterocycles. The molecule has 0 aliphatic rings. The summed E-state index contributed by atoms with van der Waals surface area (Å²) in [7, 11) is 5.55. The van der Waals surface area contributed by atoms with Gasteiger partial charge in [0, 0.05) is 38.7 Å². The Hall–Kier alpha value is -2.10. The van der Waals surface area contributed by atoms with Gasteiger partial charge in [0.2, 0.25) is 5.91 Å². The number of guanidine groups is 1. The van der Waals surface area contributed by atoms with E-state index in [1.54, 1.807) is 7.05 Å². The van der Waals surface area contributed by atoms with Crippen LogP contribution in [0.3, 0.4) is 0 Å². The first-order valence-electron chi connectivity index (χ1n) is 7.57. The van der Waals surface area contributed by atoms with Gasteiger partial charge in [-0.3, -0.25) is 9.79 Å². The number of rotatable bonds is 5. The Morgan fingerprint density at radius 2 is 1.96 bits per heavy atom. The van der Waals surface area contributed by atoms with E-state index in [1.807, 2.05) is 41.9 Å². The summed E-state index contributed by atoms with van der Waals surface area (Å²) >= 11 is 0. The van der Waals surface area contributed by atoms with Crippen LogP contribution >= 0.6 is 24.0 Å². The molecule has 1 aromatic carbocycles. The first-order valence-corrected chi connectivity index (χ1v) is 7.57. The molecule has 0 atom stereocenters. The topological polar surface area (TPSA) is 61.7 Å². The van der Waals surface area contributed by atoms with Crippen LogP contribution in [0.25, 0.3) is 0 Å². The van der Waals surface area contributed by atoms with Crippen molar-refractivity contribution in [2.45, 2.75) is 6.54 Å². The molecule has 25 heavy (non-hydrogen) atoms. The number of nitrogens with zero attached hydrogens (tertiary/aromatic N) is 3. The molecule has 0 saturated carbocycles. The van der Waals surface area contributed by atoms with Crippen molar-refractivity contribution in [1.82, 2.24) is 14.8 Å². The number of aliphatic imine (C=N–C) groups is 1. The minimum Gasteiger partial charge on any atom is -0.353 e. The van der Waals surface area contributed by atoms with Crippen LogP contribution in [0.5, 0.6) is 0 Å². The summed E-state index contributed by atoms with van der Waals surface area (Å²) in [6.45, 7) is 0.740. The number of hydrogen-bond acceptors (Lipinski definition) is 2. The van der Waals surface area contributed by atoms with Gasteiger partial charge in [0.25, 0.3) is 0 Å². The van der Waals surface area contributed by atoms with E-state index in [-0.39, 0.29) is 42.2 Å². The lowest BCUT2D eigenvalue weighted by Gasteiger charge is -2.22. The molecular weight excluding hydrogens is 436 g/mol. The van der Waals surface area contributed by atoms with Crippen LogP contribution in [-0.4, -0.2) is 42.0 Å². The zero-order valence-corrected chi connectivity index (χ0v) is 16.8. The molecule has 1 heterocycles. The van der Waals surface area contributed by atoms with Crippen LogP contribution in [-0.2, 0) is 18.4 Å². The third-order valence-electron chi connectivity index (χ3n) is 3.56. The summed E-state index contributed by atoms with van der Waals surface area (Å²) in [5.74, 6) is 0.0503. The number of anilines is 1. The molecule has 1 amide bonds. The maximum Gasteiger partial charge on any atom is 0.243 e. The van der Waals surface area contributed by atoms with Gasteiger partial charge in [0.1, 0.15) is 5.82 Å². The molecule has 136 valence electrons. The Labute approximate surface area is 164 Å². The van der Waals surface area contributed by atoms with Crippen LogP contribution in [0.2, 0.25) is 0 Å². The van der Waals surface area contributed by atoms with Gasteiger partial charge >= 0.3 is 0 Å². The van der Waals surface area contributed by atoms with E-state index in [0.29, 0.717) is 18.2 Å². The van der Waals surface area contributed by atoms with Gasteiger partial charge in [-0.15, -0.1) is 24.0 Å². The third-order valence-corrected chi connectivity index (χ3v) is 3.56. The summed E-state index contributed by atoms with van der Waals surface area (Å²) in [6.07, 6.45) is 1.98. The van der Waals surface area contributed by atoms with E-state index in [4.69, 9.17) is 0 Å². The number of aryl methyl sites for hydroxylation is 1. The molecule has 0 aliphatic heterocycles. The van der Waals surface area contributed by atoms with Crippen molar-refractivity contribution in [3.63, 3.8) is 0 Å². The predicted molar refractivity (Wildman–Crippen MR) is 109 cm³/mol. The highest BCUT2D eigenvalue weighted by molar-refractivity contribution is 14.0. The Balaban J connectivity index is 0.00000312. The zero-order valence-electron chi connectivity index (χ0n) is 14.5. The second kappa shape index (κ2) is 10.0. The summed E-state index contributed by atoms with van der Waals surface area (Å²) < 4.78 is 14.9. The summed E-state index contributed by atoms with van der Waals surface area (Å²) in [5, 5.41) is 5.71.